The number of rotatable bonds is 5. The van der Waals surface area contributed by atoms with E-state index in [0.29, 0.717) is 5.92 Å². The Labute approximate surface area is 116 Å². The van der Waals surface area contributed by atoms with Crippen LogP contribution in [0.25, 0.3) is 5.69 Å². The Kier molecular flexibility index (Phi) is 4.49. The van der Waals surface area contributed by atoms with Crippen LogP contribution in [-0.4, -0.2) is 21.5 Å². The third kappa shape index (κ3) is 3.65. The minimum Gasteiger partial charge on any atom is -0.311 e. The summed E-state index contributed by atoms with van der Waals surface area (Å²) in [6, 6.07) is 7.93. The van der Waals surface area contributed by atoms with E-state index in [4.69, 9.17) is 0 Å². The number of benzene rings is 1. The molecule has 1 aromatic heterocycles. The summed E-state index contributed by atoms with van der Waals surface area (Å²) in [5, 5.41) is 12.1. The fraction of sp³-hybridized carbons (Fsp3) is 0.385. The summed E-state index contributed by atoms with van der Waals surface area (Å²) in [5.41, 5.74) is 1.92. The zero-order chi connectivity index (χ0) is 13.0. The first-order valence-corrected chi connectivity index (χ1v) is 6.82. The van der Waals surface area contributed by atoms with Crippen molar-refractivity contribution in [2.75, 3.05) is 6.54 Å². The van der Waals surface area contributed by atoms with Crippen molar-refractivity contribution in [3.8, 4) is 5.69 Å². The Balaban J connectivity index is 1.99. The number of aromatic nitrogens is 3. The maximum Gasteiger partial charge on any atom is 0.0969 e. The zero-order valence-electron chi connectivity index (χ0n) is 10.6. The van der Waals surface area contributed by atoms with E-state index in [-0.39, 0.29) is 0 Å². The maximum atomic E-state index is 4.43. The molecule has 0 amide bonds. The molecule has 0 atom stereocenters. The molecule has 4 nitrogen and oxygen atoms in total. The highest BCUT2D eigenvalue weighted by atomic mass is 79.9. The van der Waals surface area contributed by atoms with Crippen molar-refractivity contribution in [2.45, 2.75) is 20.4 Å². The van der Waals surface area contributed by atoms with Crippen LogP contribution >= 0.6 is 15.9 Å². The van der Waals surface area contributed by atoms with Crippen LogP contribution in [0.4, 0.5) is 0 Å². The number of nitrogens with zero attached hydrogens (tertiary/aromatic N) is 3. The number of halogens is 1. The molecule has 0 saturated carbocycles. The van der Waals surface area contributed by atoms with Gasteiger partial charge in [-0.15, -0.1) is 0 Å². The third-order valence-electron chi connectivity index (χ3n) is 2.46. The van der Waals surface area contributed by atoms with E-state index in [0.717, 1.165) is 28.9 Å². The molecule has 0 fully saturated rings. The predicted molar refractivity (Wildman–Crippen MR) is 75.6 cm³/mol. The summed E-state index contributed by atoms with van der Waals surface area (Å²) in [6.07, 6.45) is 1.80. The van der Waals surface area contributed by atoms with Crippen molar-refractivity contribution in [3.63, 3.8) is 0 Å². The molecule has 0 radical (unpaired) electrons. The lowest BCUT2D eigenvalue weighted by Gasteiger charge is -2.04. The summed E-state index contributed by atoms with van der Waals surface area (Å²) < 4.78 is 1.05. The molecule has 2 rings (SSSR count). The summed E-state index contributed by atoms with van der Waals surface area (Å²) in [6.45, 7) is 6.12. The summed E-state index contributed by atoms with van der Waals surface area (Å²) in [5.74, 6) is 0.645. The zero-order valence-corrected chi connectivity index (χ0v) is 12.2. The van der Waals surface area contributed by atoms with Gasteiger partial charge in [-0.25, -0.2) is 0 Å². The first-order valence-electron chi connectivity index (χ1n) is 6.03. The van der Waals surface area contributed by atoms with Gasteiger partial charge in [0.25, 0.3) is 0 Å². The van der Waals surface area contributed by atoms with Gasteiger partial charge in [0.15, 0.2) is 0 Å². The topological polar surface area (TPSA) is 42.7 Å². The molecular weight excluding hydrogens is 292 g/mol. The SMILES string of the molecule is CC(C)CNCc1cnn(-c2ccc(Br)cc2)n1. The van der Waals surface area contributed by atoms with Gasteiger partial charge >= 0.3 is 0 Å². The quantitative estimate of drug-likeness (QED) is 0.923. The van der Waals surface area contributed by atoms with Gasteiger partial charge in [0, 0.05) is 11.0 Å². The van der Waals surface area contributed by atoms with Gasteiger partial charge in [0.2, 0.25) is 0 Å². The van der Waals surface area contributed by atoms with Crippen LogP contribution < -0.4 is 5.32 Å². The van der Waals surface area contributed by atoms with Gasteiger partial charge in [-0.1, -0.05) is 29.8 Å². The number of hydrogen-bond acceptors (Lipinski definition) is 3. The van der Waals surface area contributed by atoms with Gasteiger partial charge in [-0.2, -0.15) is 15.0 Å². The van der Waals surface area contributed by atoms with Crippen molar-refractivity contribution in [1.29, 1.82) is 0 Å². The van der Waals surface area contributed by atoms with Crippen LogP contribution in [-0.2, 0) is 6.54 Å². The molecule has 2 aromatic rings. The van der Waals surface area contributed by atoms with Crippen LogP contribution in [0, 0.1) is 5.92 Å². The number of nitrogens with one attached hydrogen (secondary N) is 1. The Morgan fingerprint density at radius 1 is 1.28 bits per heavy atom. The molecule has 0 aliphatic carbocycles. The van der Waals surface area contributed by atoms with E-state index >= 15 is 0 Å². The highest BCUT2D eigenvalue weighted by Crippen LogP contribution is 2.12. The molecule has 0 bridgehead atoms. The second kappa shape index (κ2) is 6.11. The lowest BCUT2D eigenvalue weighted by molar-refractivity contribution is 0.546. The van der Waals surface area contributed by atoms with E-state index in [1.54, 1.807) is 11.0 Å². The van der Waals surface area contributed by atoms with Gasteiger partial charge in [-0.3, -0.25) is 0 Å². The summed E-state index contributed by atoms with van der Waals surface area (Å²) in [7, 11) is 0. The van der Waals surface area contributed by atoms with Crippen LogP contribution in [0.3, 0.4) is 0 Å². The standard InChI is InChI=1S/C13H17BrN4/c1-10(2)7-15-8-12-9-16-18(17-12)13-5-3-11(14)4-6-13/h3-6,9-10,15H,7-8H2,1-2H3. The predicted octanol–water partition coefficient (Wildman–Crippen LogP) is 2.78. The van der Waals surface area contributed by atoms with Crippen molar-refractivity contribution < 1.29 is 0 Å². The molecule has 1 aromatic carbocycles. The van der Waals surface area contributed by atoms with Gasteiger partial charge in [0.1, 0.15) is 0 Å². The average Bonchev–Trinajstić information content (AvgIpc) is 2.78. The van der Waals surface area contributed by atoms with Gasteiger partial charge < -0.3 is 5.32 Å². The summed E-state index contributed by atoms with van der Waals surface area (Å²) in [4.78, 5) is 1.65. The molecule has 1 heterocycles. The first kappa shape index (κ1) is 13.2. The Morgan fingerprint density at radius 2 is 2.00 bits per heavy atom. The van der Waals surface area contributed by atoms with Crippen LogP contribution in [0.5, 0.6) is 0 Å². The highest BCUT2D eigenvalue weighted by molar-refractivity contribution is 9.10. The maximum absolute atomic E-state index is 4.43. The van der Waals surface area contributed by atoms with Gasteiger partial charge in [0.05, 0.1) is 17.6 Å². The fourth-order valence-corrected chi connectivity index (χ4v) is 1.83. The van der Waals surface area contributed by atoms with E-state index < -0.39 is 0 Å². The van der Waals surface area contributed by atoms with Crippen LogP contribution in [0.2, 0.25) is 0 Å². The van der Waals surface area contributed by atoms with Crippen molar-refractivity contribution in [2.24, 2.45) is 5.92 Å². The fourth-order valence-electron chi connectivity index (χ4n) is 1.56. The van der Waals surface area contributed by atoms with Crippen molar-refractivity contribution >= 4 is 15.9 Å². The second-order valence-electron chi connectivity index (χ2n) is 4.63. The molecule has 0 aliphatic heterocycles. The minimum atomic E-state index is 0.645. The third-order valence-corrected chi connectivity index (χ3v) is 2.98. The minimum absolute atomic E-state index is 0.645. The molecule has 18 heavy (non-hydrogen) atoms. The normalized spacial score (nSPS) is 11.1. The molecular formula is C13H17BrN4. The Morgan fingerprint density at radius 3 is 2.67 bits per heavy atom. The Hall–Kier alpha value is -1.20. The van der Waals surface area contributed by atoms with E-state index in [9.17, 15) is 0 Å². The van der Waals surface area contributed by atoms with Gasteiger partial charge in [-0.05, 0) is 36.7 Å². The van der Waals surface area contributed by atoms with E-state index in [1.165, 1.54) is 0 Å². The molecule has 1 N–H and O–H groups in total. The molecule has 5 heteroatoms. The first-order chi connectivity index (χ1) is 8.65. The lowest BCUT2D eigenvalue weighted by Crippen LogP contribution is -2.19. The average molecular weight is 309 g/mol. The smallest absolute Gasteiger partial charge is 0.0969 e. The van der Waals surface area contributed by atoms with Crippen molar-refractivity contribution in [3.05, 3.63) is 40.6 Å². The Bertz CT molecular complexity index is 490. The molecule has 0 spiro atoms. The summed E-state index contributed by atoms with van der Waals surface area (Å²) >= 11 is 3.41. The molecule has 0 aliphatic rings. The van der Waals surface area contributed by atoms with E-state index in [2.05, 4.69) is 45.3 Å². The van der Waals surface area contributed by atoms with Crippen LogP contribution in [0.1, 0.15) is 19.5 Å². The van der Waals surface area contributed by atoms with E-state index in [1.807, 2.05) is 24.3 Å². The monoisotopic (exact) mass is 308 g/mol. The van der Waals surface area contributed by atoms with Crippen LogP contribution in [0.15, 0.2) is 34.9 Å². The molecule has 0 saturated heterocycles. The largest absolute Gasteiger partial charge is 0.311 e. The van der Waals surface area contributed by atoms with Crippen molar-refractivity contribution in [1.82, 2.24) is 20.3 Å². The number of hydrogen-bond donors (Lipinski definition) is 1. The molecule has 96 valence electrons. The second-order valence-corrected chi connectivity index (χ2v) is 5.54. The molecule has 0 unspecified atom stereocenters. The lowest BCUT2D eigenvalue weighted by atomic mass is 10.2. The highest BCUT2D eigenvalue weighted by Gasteiger charge is 2.03.